The SMILES string of the molecule is O=C1c2cccc3cccc(c23)C(=O)N1C[C@H]1O[C@@H]2O[C@H]3[C@H](O)[C@@H](O)[C@@H](O[C@H]4[C@H](O)[C@@H](O)[C@@H](O[C@H]5[C@H](O)[C@@H](O)[C@@H](O[C@H]6[C@H](O)[C@@H](O)[C@@H](O[C@H]7[C@H](O)[C@@H](O)[C@@H](O[C@H]8[C@H](O)[C@@H](O)[C@@H](O[C@H]1[C@H](O)[C@H]2O)O[C@@H]8CO)O[C@@H]7CO)O[C@@H]6CO)O[C@@H]5CO)O[C@@H]4CO)O[C@@H]3CO. The molecule has 22 aliphatic rings. The summed E-state index contributed by atoms with van der Waals surface area (Å²) in [6.45, 7) is -7.42. The topological polar surface area (TPSA) is 571 Å². The van der Waals surface area contributed by atoms with Gasteiger partial charge in [0.1, 0.15) is 171 Å². The lowest BCUT2D eigenvalue weighted by Gasteiger charge is -2.50. The zero-order valence-corrected chi connectivity index (χ0v) is 47.5. The minimum Gasteiger partial charge on any atom is -0.394 e. The Bertz CT molecular complexity index is 2730. The highest BCUT2D eigenvalue weighted by Gasteiger charge is 2.60. The maximum absolute atomic E-state index is 14.3. The van der Waals surface area contributed by atoms with Gasteiger partial charge in [-0.05, 0) is 17.5 Å². The molecule has 22 heterocycles. The van der Waals surface area contributed by atoms with Crippen molar-refractivity contribution in [1.29, 1.82) is 0 Å². The van der Waals surface area contributed by atoms with E-state index in [-0.39, 0.29) is 11.1 Å². The predicted octanol–water partition coefficient (Wildman–Crippen LogP) is -12.8. The van der Waals surface area contributed by atoms with Crippen LogP contribution in [0.25, 0.3) is 10.8 Å². The lowest BCUT2D eigenvalue weighted by atomic mass is 9.92. The van der Waals surface area contributed by atoms with E-state index in [1.54, 1.807) is 24.3 Å². The van der Waals surface area contributed by atoms with Crippen LogP contribution in [0.15, 0.2) is 36.4 Å². The predicted molar refractivity (Wildman–Crippen MR) is 281 cm³/mol. The molecule has 2 amide bonds. The number of hydrogen-bond acceptors (Lipinski definition) is 36. The van der Waals surface area contributed by atoms with E-state index in [9.17, 15) is 112 Å². The quantitative estimate of drug-likeness (QED) is 0.109. The molecule has 0 aliphatic carbocycles. The molecule has 2 aromatic carbocycles. The van der Waals surface area contributed by atoms with Crippen LogP contribution in [0.2, 0.25) is 0 Å². The highest BCUT2D eigenvalue weighted by molar-refractivity contribution is 6.25. The molecule has 20 N–H and O–H groups in total. The molecule has 0 spiro atoms. The minimum atomic E-state index is -2.35. The first-order valence-corrected chi connectivity index (χ1v) is 29.2. The standard InChI is InChI=1S/C54H75NO36/c56-8-18-40-27(64)34(71)50(80-18)88-42-20(10-58)82-52(36(73)29(42)66)90-44-22(12-60)84-54(38(75)31(44)68)91-45-23(13-61)83-53(37(74)30(45)67)89-43-21(11-59)81-51(35(72)28(43)65)87-41-19(9-57)79-49(33(70)26(41)63)85-39-17(78-48(86-40)32(69)25(39)62)7-55-46(76)15-5-1-3-14-4-2-6-16(24(14)15)47(55)77/h1-6,17-23,25-45,48-54,56-75H,7-13H2/t17-,18-,19-,20-,21-,22-,23-,25-,26-,27-,28-,29-,30-,31-,32-,33-,34-,35-,36-,37-,38-,39-,40-,41-,42-,43-,44-,45-,48-,49-,50-,51-,52-,53-,54-/m1/s1. The molecule has 0 unspecified atom stereocenters. The fourth-order valence-corrected chi connectivity index (χ4v) is 12.8. The number of aliphatic hydroxyl groups is 20. The van der Waals surface area contributed by atoms with Crippen molar-refractivity contribution in [2.75, 3.05) is 46.2 Å². The zero-order valence-electron chi connectivity index (χ0n) is 47.5. The molecule has 21 saturated heterocycles. The van der Waals surface area contributed by atoms with E-state index in [4.69, 9.17) is 66.3 Å². The Morgan fingerprint density at radius 3 is 0.681 bits per heavy atom. The average molecular weight is 1310 g/mol. The Balaban J connectivity index is 0.911. The van der Waals surface area contributed by atoms with Gasteiger partial charge in [-0.25, -0.2) is 0 Å². The van der Waals surface area contributed by atoms with Crippen LogP contribution in [0.5, 0.6) is 0 Å². The Morgan fingerprint density at radius 2 is 0.473 bits per heavy atom. The molecule has 0 radical (unpaired) electrons. The summed E-state index contributed by atoms with van der Waals surface area (Å²) in [4.78, 5) is 29.4. The molecular formula is C54H75NO36. The molecule has 91 heavy (non-hydrogen) atoms. The molecule has 35 atom stereocenters. The molecule has 22 aliphatic heterocycles. The van der Waals surface area contributed by atoms with Crippen molar-refractivity contribution >= 4 is 22.6 Å². The van der Waals surface area contributed by atoms with Crippen LogP contribution in [0.1, 0.15) is 20.7 Å². The maximum Gasteiger partial charge on any atom is 0.261 e. The number of rotatable bonds is 8. The highest BCUT2D eigenvalue weighted by Crippen LogP contribution is 2.40. The van der Waals surface area contributed by atoms with Crippen molar-refractivity contribution in [3.05, 3.63) is 47.5 Å². The number of imide groups is 1. The van der Waals surface area contributed by atoms with Gasteiger partial charge in [-0.3, -0.25) is 14.5 Å². The second-order valence-corrected chi connectivity index (χ2v) is 23.4. The first-order valence-electron chi connectivity index (χ1n) is 29.2. The third kappa shape index (κ3) is 12.7. The summed E-state index contributed by atoms with van der Waals surface area (Å²) in [5.41, 5.74) is 0.0808. The van der Waals surface area contributed by atoms with E-state index >= 15 is 0 Å². The van der Waals surface area contributed by atoms with Gasteiger partial charge in [0.25, 0.3) is 11.8 Å². The molecule has 2 aromatic rings. The van der Waals surface area contributed by atoms with Crippen molar-refractivity contribution in [2.24, 2.45) is 0 Å². The van der Waals surface area contributed by atoms with E-state index < -0.39 is 273 Å². The van der Waals surface area contributed by atoms with Crippen LogP contribution in [-0.4, -0.2) is 380 Å². The van der Waals surface area contributed by atoms with Gasteiger partial charge in [0.05, 0.1) is 46.2 Å². The molecule has 512 valence electrons. The Kier molecular flexibility index (Phi) is 21.4. The van der Waals surface area contributed by atoms with Crippen LogP contribution >= 0.6 is 0 Å². The average Bonchev–Trinajstić information content (AvgIpc) is 0.795. The van der Waals surface area contributed by atoms with Gasteiger partial charge in [0.15, 0.2) is 44.0 Å². The maximum atomic E-state index is 14.3. The molecule has 37 nitrogen and oxygen atoms in total. The summed E-state index contributed by atoms with van der Waals surface area (Å²) in [5, 5.41) is 226. The van der Waals surface area contributed by atoms with E-state index in [0.717, 1.165) is 0 Å². The van der Waals surface area contributed by atoms with E-state index in [1.165, 1.54) is 12.1 Å². The van der Waals surface area contributed by atoms with E-state index in [1.807, 2.05) is 0 Å². The second kappa shape index (κ2) is 28.3. The van der Waals surface area contributed by atoms with Crippen LogP contribution in [-0.2, 0) is 66.3 Å². The van der Waals surface area contributed by atoms with Gasteiger partial charge in [-0.1, -0.05) is 24.3 Å². The lowest BCUT2D eigenvalue weighted by molar-refractivity contribution is -0.396. The van der Waals surface area contributed by atoms with Gasteiger partial charge < -0.3 is 168 Å². The zero-order chi connectivity index (χ0) is 65.3. The van der Waals surface area contributed by atoms with Crippen LogP contribution in [0, 0.1) is 0 Å². The molecule has 0 saturated carbocycles. The van der Waals surface area contributed by atoms with Gasteiger partial charge in [0, 0.05) is 16.5 Å². The number of benzene rings is 2. The van der Waals surface area contributed by atoms with Crippen LogP contribution < -0.4 is 0 Å². The van der Waals surface area contributed by atoms with Gasteiger partial charge >= 0.3 is 0 Å². The molecule has 21 fully saturated rings. The number of nitrogens with zero attached hydrogens (tertiary/aromatic N) is 1. The van der Waals surface area contributed by atoms with Crippen molar-refractivity contribution in [1.82, 2.24) is 4.90 Å². The van der Waals surface area contributed by atoms with Crippen molar-refractivity contribution in [3.63, 3.8) is 0 Å². The molecule has 0 aromatic heterocycles. The lowest BCUT2D eigenvalue weighted by Crippen LogP contribution is -2.68. The van der Waals surface area contributed by atoms with Crippen molar-refractivity contribution in [3.8, 4) is 0 Å². The van der Waals surface area contributed by atoms with E-state index in [0.29, 0.717) is 15.7 Å². The smallest absolute Gasteiger partial charge is 0.261 e. The largest absolute Gasteiger partial charge is 0.394 e. The number of carbonyl (C=O) groups is 2. The summed E-state index contributed by atoms with van der Waals surface area (Å²) in [5.74, 6) is -1.80. The normalized spacial score (nSPS) is 49.4. The van der Waals surface area contributed by atoms with Gasteiger partial charge in [-0.15, -0.1) is 0 Å². The van der Waals surface area contributed by atoms with Gasteiger partial charge in [0.2, 0.25) is 0 Å². The Hall–Kier alpha value is -3.52. The van der Waals surface area contributed by atoms with Crippen molar-refractivity contribution < 1.29 is 178 Å². The highest BCUT2D eigenvalue weighted by atomic mass is 16.8. The monoisotopic (exact) mass is 1310 g/mol. The summed E-state index contributed by atoms with van der Waals surface area (Å²) in [6.07, 6.45) is -72.9. The molecule has 14 bridgehead atoms. The van der Waals surface area contributed by atoms with Crippen LogP contribution in [0.4, 0.5) is 0 Å². The molecular weight excluding hydrogens is 1240 g/mol. The summed E-state index contributed by atoms with van der Waals surface area (Å²) in [6, 6.07) is 9.27. The first-order chi connectivity index (χ1) is 43.5. The van der Waals surface area contributed by atoms with Crippen molar-refractivity contribution in [2.45, 2.75) is 215 Å². The fourth-order valence-electron chi connectivity index (χ4n) is 12.8. The van der Waals surface area contributed by atoms with E-state index in [2.05, 4.69) is 0 Å². The molecule has 24 rings (SSSR count). The number of carbonyl (C=O) groups excluding carboxylic acids is 2. The summed E-state index contributed by atoms with van der Waals surface area (Å²) < 4.78 is 81.5. The number of amides is 2. The fraction of sp³-hybridized carbons (Fsp3) is 0.778. The second-order valence-electron chi connectivity index (χ2n) is 23.4. The molecule has 37 heteroatoms. The number of hydrogen-bond donors (Lipinski definition) is 20. The van der Waals surface area contributed by atoms with Gasteiger partial charge in [-0.2, -0.15) is 0 Å². The number of ether oxygens (including phenoxy) is 14. The minimum absolute atomic E-state index is 0.0404. The summed E-state index contributed by atoms with van der Waals surface area (Å²) in [7, 11) is 0. The number of aliphatic hydroxyl groups excluding tert-OH is 20. The summed E-state index contributed by atoms with van der Waals surface area (Å²) >= 11 is 0. The first kappa shape index (κ1) is 68.9. The van der Waals surface area contributed by atoms with Crippen LogP contribution in [0.3, 0.4) is 0 Å². The Labute approximate surface area is 513 Å². The third-order valence-corrected chi connectivity index (χ3v) is 17.8. The third-order valence-electron chi connectivity index (χ3n) is 17.8. The Morgan fingerprint density at radius 1 is 0.275 bits per heavy atom.